The standard InChI is InChI=1S/C16H17F2NO/c17-14-7-6-13(16(18)10-14)11-19-15-5-1-3-12(9-15)4-2-8-20/h1,3,5-7,9-10,19-20H,2,4,8,11H2. The molecule has 0 aliphatic heterocycles. The molecule has 0 aromatic heterocycles. The summed E-state index contributed by atoms with van der Waals surface area (Å²) < 4.78 is 26.3. The molecule has 0 radical (unpaired) electrons. The van der Waals surface area contributed by atoms with E-state index < -0.39 is 11.6 Å². The highest BCUT2D eigenvalue weighted by Crippen LogP contribution is 2.15. The second kappa shape index (κ2) is 7.01. The zero-order valence-corrected chi connectivity index (χ0v) is 11.1. The summed E-state index contributed by atoms with van der Waals surface area (Å²) in [6.07, 6.45) is 1.52. The van der Waals surface area contributed by atoms with Gasteiger partial charge in [-0.25, -0.2) is 8.78 Å². The van der Waals surface area contributed by atoms with Crippen molar-refractivity contribution < 1.29 is 13.9 Å². The summed E-state index contributed by atoms with van der Waals surface area (Å²) in [6.45, 7) is 0.466. The Kier molecular flexibility index (Phi) is 5.07. The molecule has 0 aliphatic carbocycles. The van der Waals surface area contributed by atoms with E-state index in [1.54, 1.807) is 0 Å². The SMILES string of the molecule is OCCCc1cccc(NCc2ccc(F)cc2F)c1. The summed E-state index contributed by atoms with van der Waals surface area (Å²) in [7, 11) is 0. The molecule has 0 fully saturated rings. The highest BCUT2D eigenvalue weighted by Gasteiger charge is 2.03. The van der Waals surface area contributed by atoms with Gasteiger partial charge in [-0.2, -0.15) is 0 Å². The van der Waals surface area contributed by atoms with E-state index in [1.807, 2.05) is 24.3 Å². The third-order valence-electron chi connectivity index (χ3n) is 3.05. The molecule has 0 unspecified atom stereocenters. The smallest absolute Gasteiger partial charge is 0.131 e. The van der Waals surface area contributed by atoms with E-state index in [0.29, 0.717) is 12.1 Å². The molecule has 4 heteroatoms. The number of anilines is 1. The molecule has 0 aliphatic rings. The summed E-state index contributed by atoms with van der Waals surface area (Å²) in [5, 5.41) is 11.9. The Bertz CT molecular complexity index is 572. The Labute approximate surface area is 117 Å². The van der Waals surface area contributed by atoms with Crippen molar-refractivity contribution in [3.63, 3.8) is 0 Å². The maximum absolute atomic E-state index is 13.5. The number of nitrogens with one attached hydrogen (secondary N) is 1. The molecular formula is C16H17F2NO. The maximum atomic E-state index is 13.5. The first kappa shape index (κ1) is 14.5. The van der Waals surface area contributed by atoms with Crippen LogP contribution in [0.3, 0.4) is 0 Å². The van der Waals surface area contributed by atoms with Crippen LogP contribution in [-0.2, 0) is 13.0 Å². The van der Waals surface area contributed by atoms with Gasteiger partial charge in [0.05, 0.1) is 0 Å². The maximum Gasteiger partial charge on any atom is 0.131 e. The van der Waals surface area contributed by atoms with Crippen LogP contribution in [0.4, 0.5) is 14.5 Å². The number of benzene rings is 2. The highest BCUT2D eigenvalue weighted by molar-refractivity contribution is 5.46. The largest absolute Gasteiger partial charge is 0.396 e. The van der Waals surface area contributed by atoms with Crippen LogP contribution in [0.2, 0.25) is 0 Å². The second-order valence-electron chi connectivity index (χ2n) is 4.62. The number of aliphatic hydroxyl groups excluding tert-OH is 1. The van der Waals surface area contributed by atoms with E-state index in [1.165, 1.54) is 12.1 Å². The van der Waals surface area contributed by atoms with Crippen molar-refractivity contribution in [2.24, 2.45) is 0 Å². The van der Waals surface area contributed by atoms with Crippen molar-refractivity contribution >= 4 is 5.69 Å². The van der Waals surface area contributed by atoms with Crippen LogP contribution in [0, 0.1) is 11.6 Å². The lowest BCUT2D eigenvalue weighted by Crippen LogP contribution is -2.02. The van der Waals surface area contributed by atoms with Crippen molar-refractivity contribution in [3.05, 3.63) is 65.2 Å². The minimum absolute atomic E-state index is 0.165. The predicted molar refractivity (Wildman–Crippen MR) is 75.5 cm³/mol. The third-order valence-corrected chi connectivity index (χ3v) is 3.05. The first-order chi connectivity index (χ1) is 9.69. The molecule has 0 spiro atoms. The van der Waals surface area contributed by atoms with Crippen LogP contribution in [-0.4, -0.2) is 11.7 Å². The Hall–Kier alpha value is -1.94. The van der Waals surface area contributed by atoms with Gasteiger partial charge in [0, 0.05) is 30.5 Å². The zero-order valence-electron chi connectivity index (χ0n) is 11.1. The van der Waals surface area contributed by atoms with Gasteiger partial charge in [-0.1, -0.05) is 18.2 Å². The van der Waals surface area contributed by atoms with E-state index in [-0.39, 0.29) is 6.61 Å². The molecule has 2 aromatic rings. The number of aryl methyl sites for hydroxylation is 1. The molecule has 2 rings (SSSR count). The van der Waals surface area contributed by atoms with Crippen LogP contribution < -0.4 is 5.32 Å². The highest BCUT2D eigenvalue weighted by atomic mass is 19.1. The fourth-order valence-corrected chi connectivity index (χ4v) is 1.98. The summed E-state index contributed by atoms with van der Waals surface area (Å²) in [5.41, 5.74) is 2.42. The predicted octanol–water partition coefficient (Wildman–Crippen LogP) is 3.50. The molecular weight excluding hydrogens is 260 g/mol. The van der Waals surface area contributed by atoms with E-state index in [9.17, 15) is 8.78 Å². The zero-order chi connectivity index (χ0) is 14.4. The van der Waals surface area contributed by atoms with Gasteiger partial charge in [-0.15, -0.1) is 0 Å². The minimum Gasteiger partial charge on any atom is -0.396 e. The molecule has 2 nitrogen and oxygen atoms in total. The number of halogens is 2. The lowest BCUT2D eigenvalue weighted by Gasteiger charge is -2.09. The monoisotopic (exact) mass is 277 g/mol. The van der Waals surface area contributed by atoms with Crippen LogP contribution in [0.1, 0.15) is 17.5 Å². The van der Waals surface area contributed by atoms with E-state index in [2.05, 4.69) is 5.32 Å². The number of aliphatic hydroxyl groups is 1. The Morgan fingerprint density at radius 1 is 1.05 bits per heavy atom. The molecule has 0 saturated carbocycles. The second-order valence-corrected chi connectivity index (χ2v) is 4.62. The summed E-state index contributed by atoms with van der Waals surface area (Å²) in [4.78, 5) is 0. The van der Waals surface area contributed by atoms with Crippen molar-refractivity contribution in [1.82, 2.24) is 0 Å². The molecule has 106 valence electrons. The number of hydrogen-bond acceptors (Lipinski definition) is 2. The molecule has 0 heterocycles. The molecule has 0 saturated heterocycles. The lowest BCUT2D eigenvalue weighted by atomic mass is 10.1. The van der Waals surface area contributed by atoms with Crippen molar-refractivity contribution in [2.45, 2.75) is 19.4 Å². The van der Waals surface area contributed by atoms with Gasteiger partial charge in [-0.3, -0.25) is 0 Å². The number of rotatable bonds is 6. The molecule has 20 heavy (non-hydrogen) atoms. The fourth-order valence-electron chi connectivity index (χ4n) is 1.98. The molecule has 2 aromatic carbocycles. The van der Waals surface area contributed by atoms with E-state index in [4.69, 9.17) is 5.11 Å². The van der Waals surface area contributed by atoms with Crippen LogP contribution in [0.5, 0.6) is 0 Å². The first-order valence-electron chi connectivity index (χ1n) is 6.56. The molecule has 2 N–H and O–H groups in total. The average Bonchev–Trinajstić information content (AvgIpc) is 2.45. The van der Waals surface area contributed by atoms with Crippen LogP contribution in [0.15, 0.2) is 42.5 Å². The topological polar surface area (TPSA) is 32.3 Å². The van der Waals surface area contributed by atoms with Crippen molar-refractivity contribution in [1.29, 1.82) is 0 Å². The van der Waals surface area contributed by atoms with Gasteiger partial charge in [0.1, 0.15) is 11.6 Å². The summed E-state index contributed by atoms with van der Waals surface area (Å²) in [6, 6.07) is 11.3. The minimum atomic E-state index is -0.572. The van der Waals surface area contributed by atoms with Crippen LogP contribution in [0.25, 0.3) is 0 Å². The van der Waals surface area contributed by atoms with Gasteiger partial charge >= 0.3 is 0 Å². The van der Waals surface area contributed by atoms with Gasteiger partial charge in [-0.05, 0) is 36.6 Å². The van der Waals surface area contributed by atoms with Gasteiger partial charge in [0.2, 0.25) is 0 Å². The fraction of sp³-hybridized carbons (Fsp3) is 0.250. The van der Waals surface area contributed by atoms with Gasteiger partial charge < -0.3 is 10.4 Å². The Balaban J connectivity index is 1.99. The summed E-state index contributed by atoms with van der Waals surface area (Å²) in [5.74, 6) is -1.12. The molecule has 0 bridgehead atoms. The van der Waals surface area contributed by atoms with Gasteiger partial charge in [0.15, 0.2) is 0 Å². The van der Waals surface area contributed by atoms with Gasteiger partial charge in [0.25, 0.3) is 0 Å². The normalized spacial score (nSPS) is 10.6. The van der Waals surface area contributed by atoms with E-state index in [0.717, 1.165) is 30.2 Å². The van der Waals surface area contributed by atoms with Crippen LogP contribution >= 0.6 is 0 Å². The molecule has 0 atom stereocenters. The quantitative estimate of drug-likeness (QED) is 0.847. The lowest BCUT2D eigenvalue weighted by molar-refractivity contribution is 0.288. The van der Waals surface area contributed by atoms with Crippen molar-refractivity contribution in [3.8, 4) is 0 Å². The van der Waals surface area contributed by atoms with E-state index >= 15 is 0 Å². The Morgan fingerprint density at radius 3 is 2.65 bits per heavy atom. The third kappa shape index (κ3) is 4.03. The average molecular weight is 277 g/mol. The first-order valence-corrected chi connectivity index (χ1v) is 6.56. The Morgan fingerprint density at radius 2 is 1.90 bits per heavy atom. The number of hydrogen-bond donors (Lipinski definition) is 2. The molecule has 0 amide bonds. The van der Waals surface area contributed by atoms with Crippen molar-refractivity contribution in [2.75, 3.05) is 11.9 Å². The summed E-state index contributed by atoms with van der Waals surface area (Å²) >= 11 is 0.